The van der Waals surface area contributed by atoms with Gasteiger partial charge in [0.25, 0.3) is 0 Å². The van der Waals surface area contributed by atoms with Gasteiger partial charge in [0.2, 0.25) is 0 Å². The Hall–Kier alpha value is -0.120. The highest BCUT2D eigenvalue weighted by Crippen LogP contribution is 2.14. The van der Waals surface area contributed by atoms with E-state index in [1.807, 2.05) is 0 Å². The van der Waals surface area contributed by atoms with Gasteiger partial charge in [0.05, 0.1) is 0 Å². The van der Waals surface area contributed by atoms with Crippen LogP contribution in [0, 0.1) is 5.92 Å². The Balaban J connectivity index is 1.78. The molecule has 3 heteroatoms. The van der Waals surface area contributed by atoms with Crippen LogP contribution in [-0.2, 0) is 9.47 Å². The molecule has 0 bridgehead atoms. The lowest BCUT2D eigenvalue weighted by Crippen LogP contribution is -2.36. The van der Waals surface area contributed by atoms with Crippen molar-refractivity contribution in [2.75, 3.05) is 33.0 Å². The Morgan fingerprint density at radius 3 is 2.42 bits per heavy atom. The topological polar surface area (TPSA) is 30.5 Å². The van der Waals surface area contributed by atoms with E-state index in [4.69, 9.17) is 9.47 Å². The van der Waals surface area contributed by atoms with Crippen molar-refractivity contribution in [1.82, 2.24) is 5.32 Å². The van der Waals surface area contributed by atoms with Crippen molar-refractivity contribution in [3.63, 3.8) is 0 Å². The molecule has 1 saturated heterocycles. The average molecular weight is 271 g/mol. The van der Waals surface area contributed by atoms with Crippen LogP contribution in [0.5, 0.6) is 0 Å². The average Bonchev–Trinajstić information content (AvgIpc) is 2.37. The van der Waals surface area contributed by atoms with Gasteiger partial charge in [-0.1, -0.05) is 12.8 Å². The summed E-state index contributed by atoms with van der Waals surface area (Å²) in [6, 6.07) is 0. The van der Waals surface area contributed by atoms with Crippen molar-refractivity contribution in [2.24, 2.45) is 5.92 Å². The van der Waals surface area contributed by atoms with Crippen LogP contribution in [0.25, 0.3) is 0 Å². The zero-order chi connectivity index (χ0) is 14.0. The fraction of sp³-hybridized carbons (Fsp3) is 1.00. The Morgan fingerprint density at radius 2 is 1.74 bits per heavy atom. The third-order valence-electron chi connectivity index (χ3n) is 3.57. The second-order valence-electron chi connectivity index (χ2n) is 6.72. The van der Waals surface area contributed by atoms with Crippen molar-refractivity contribution in [3.8, 4) is 0 Å². The molecule has 0 saturated carbocycles. The molecule has 0 aliphatic carbocycles. The van der Waals surface area contributed by atoms with Crippen LogP contribution < -0.4 is 5.32 Å². The maximum Gasteiger partial charge on any atom is 0.0495 e. The van der Waals surface area contributed by atoms with E-state index in [2.05, 4.69) is 26.1 Å². The SMILES string of the molecule is CC(C)(C)NCCCCCCOCC1CCOCC1. The van der Waals surface area contributed by atoms with Crippen LogP contribution in [0.4, 0.5) is 0 Å². The summed E-state index contributed by atoms with van der Waals surface area (Å²) in [4.78, 5) is 0. The van der Waals surface area contributed by atoms with E-state index in [1.165, 1.54) is 38.5 Å². The molecule has 0 amide bonds. The van der Waals surface area contributed by atoms with Crippen molar-refractivity contribution in [2.45, 2.75) is 64.8 Å². The summed E-state index contributed by atoms with van der Waals surface area (Å²) in [6.07, 6.45) is 7.44. The molecule has 1 rings (SSSR count). The first-order valence-corrected chi connectivity index (χ1v) is 7.98. The van der Waals surface area contributed by atoms with Crippen LogP contribution in [-0.4, -0.2) is 38.5 Å². The number of nitrogens with one attached hydrogen (secondary N) is 1. The predicted molar refractivity (Wildman–Crippen MR) is 80.6 cm³/mol. The molecule has 1 aliphatic heterocycles. The van der Waals surface area contributed by atoms with E-state index in [0.29, 0.717) is 0 Å². The molecule has 0 unspecified atom stereocenters. The highest BCUT2D eigenvalue weighted by molar-refractivity contribution is 4.69. The Bertz CT molecular complexity index is 207. The molecule has 0 aromatic carbocycles. The highest BCUT2D eigenvalue weighted by atomic mass is 16.5. The minimum Gasteiger partial charge on any atom is -0.381 e. The number of hydrogen-bond donors (Lipinski definition) is 1. The maximum atomic E-state index is 5.76. The van der Waals surface area contributed by atoms with E-state index in [-0.39, 0.29) is 5.54 Å². The molecule has 114 valence electrons. The fourth-order valence-corrected chi connectivity index (χ4v) is 2.31. The van der Waals surface area contributed by atoms with E-state index >= 15 is 0 Å². The van der Waals surface area contributed by atoms with Gasteiger partial charge in [-0.05, 0) is 58.9 Å². The third-order valence-corrected chi connectivity index (χ3v) is 3.57. The molecular weight excluding hydrogens is 238 g/mol. The summed E-state index contributed by atoms with van der Waals surface area (Å²) >= 11 is 0. The number of hydrogen-bond acceptors (Lipinski definition) is 3. The van der Waals surface area contributed by atoms with Crippen molar-refractivity contribution in [1.29, 1.82) is 0 Å². The van der Waals surface area contributed by atoms with Crippen LogP contribution in [0.15, 0.2) is 0 Å². The smallest absolute Gasteiger partial charge is 0.0495 e. The first kappa shape index (κ1) is 16.9. The molecular formula is C16H33NO2. The van der Waals surface area contributed by atoms with Gasteiger partial charge in [-0.15, -0.1) is 0 Å². The first-order valence-electron chi connectivity index (χ1n) is 7.98. The minimum atomic E-state index is 0.257. The lowest BCUT2D eigenvalue weighted by Gasteiger charge is -2.21. The standard InChI is InChI=1S/C16H33NO2/c1-16(2,3)17-10-6-4-5-7-11-19-14-15-8-12-18-13-9-15/h15,17H,4-14H2,1-3H3. The first-order chi connectivity index (χ1) is 9.08. The second-order valence-corrected chi connectivity index (χ2v) is 6.72. The molecule has 0 radical (unpaired) electrons. The number of ether oxygens (including phenoxy) is 2. The van der Waals surface area contributed by atoms with Crippen molar-refractivity contribution in [3.05, 3.63) is 0 Å². The zero-order valence-corrected chi connectivity index (χ0v) is 13.2. The fourth-order valence-electron chi connectivity index (χ4n) is 2.31. The van der Waals surface area contributed by atoms with Crippen LogP contribution in [0.3, 0.4) is 0 Å². The van der Waals surface area contributed by atoms with E-state index in [9.17, 15) is 0 Å². The van der Waals surface area contributed by atoms with Crippen molar-refractivity contribution < 1.29 is 9.47 Å². The molecule has 0 atom stereocenters. The summed E-state index contributed by atoms with van der Waals surface area (Å²) in [5, 5.41) is 3.52. The molecule has 1 N–H and O–H groups in total. The third kappa shape index (κ3) is 10.3. The number of unbranched alkanes of at least 4 members (excludes halogenated alkanes) is 3. The predicted octanol–water partition coefficient (Wildman–Crippen LogP) is 3.38. The summed E-state index contributed by atoms with van der Waals surface area (Å²) < 4.78 is 11.1. The molecule has 1 fully saturated rings. The van der Waals surface area contributed by atoms with Gasteiger partial charge in [-0.3, -0.25) is 0 Å². The lowest BCUT2D eigenvalue weighted by atomic mass is 10.0. The lowest BCUT2D eigenvalue weighted by molar-refractivity contribution is 0.0198. The zero-order valence-electron chi connectivity index (χ0n) is 13.2. The highest BCUT2D eigenvalue weighted by Gasteiger charge is 2.13. The monoisotopic (exact) mass is 271 g/mol. The molecule has 0 aromatic heterocycles. The Kier molecular flexibility index (Phi) is 8.67. The van der Waals surface area contributed by atoms with Gasteiger partial charge in [0, 0.05) is 32.0 Å². The van der Waals surface area contributed by atoms with Gasteiger partial charge in [0.1, 0.15) is 0 Å². The molecule has 1 aliphatic rings. The summed E-state index contributed by atoms with van der Waals surface area (Å²) in [5.41, 5.74) is 0.257. The Morgan fingerprint density at radius 1 is 1.05 bits per heavy atom. The molecule has 1 heterocycles. The molecule has 19 heavy (non-hydrogen) atoms. The summed E-state index contributed by atoms with van der Waals surface area (Å²) in [5.74, 6) is 0.740. The maximum absolute atomic E-state index is 5.76. The Labute approximate surface area is 119 Å². The molecule has 0 spiro atoms. The van der Waals surface area contributed by atoms with Crippen LogP contribution >= 0.6 is 0 Å². The minimum absolute atomic E-state index is 0.257. The van der Waals surface area contributed by atoms with Gasteiger partial charge < -0.3 is 14.8 Å². The van der Waals surface area contributed by atoms with Gasteiger partial charge in [-0.25, -0.2) is 0 Å². The summed E-state index contributed by atoms with van der Waals surface area (Å²) in [6.45, 7) is 11.5. The van der Waals surface area contributed by atoms with Crippen LogP contribution in [0.1, 0.15) is 59.3 Å². The largest absolute Gasteiger partial charge is 0.381 e. The van der Waals surface area contributed by atoms with Gasteiger partial charge in [-0.2, -0.15) is 0 Å². The van der Waals surface area contributed by atoms with Gasteiger partial charge in [0.15, 0.2) is 0 Å². The van der Waals surface area contributed by atoms with E-state index < -0.39 is 0 Å². The normalized spacial score (nSPS) is 17.8. The molecule has 0 aromatic rings. The van der Waals surface area contributed by atoms with Crippen LogP contribution in [0.2, 0.25) is 0 Å². The van der Waals surface area contributed by atoms with E-state index in [1.54, 1.807) is 0 Å². The summed E-state index contributed by atoms with van der Waals surface area (Å²) in [7, 11) is 0. The molecule has 3 nitrogen and oxygen atoms in total. The van der Waals surface area contributed by atoms with Gasteiger partial charge >= 0.3 is 0 Å². The second kappa shape index (κ2) is 9.73. The van der Waals surface area contributed by atoms with E-state index in [0.717, 1.165) is 38.9 Å². The quantitative estimate of drug-likeness (QED) is 0.652. The van der Waals surface area contributed by atoms with Crippen molar-refractivity contribution >= 4 is 0 Å². The number of rotatable bonds is 9.